The molecule has 3 aromatic carbocycles. The number of anilines is 1. The van der Waals surface area contributed by atoms with Crippen LogP contribution in [0.5, 0.6) is 0 Å². The third kappa shape index (κ3) is 3.70. The van der Waals surface area contributed by atoms with Crippen molar-refractivity contribution >= 4 is 28.9 Å². The van der Waals surface area contributed by atoms with E-state index in [1.54, 1.807) is 66.7 Å². The van der Waals surface area contributed by atoms with Gasteiger partial charge in [-0.2, -0.15) is 0 Å². The number of Topliss-reactive ketones (excluding diaryl/α,β-unsaturated/α-hetero) is 1. The highest BCUT2D eigenvalue weighted by molar-refractivity contribution is 6.30. The van der Waals surface area contributed by atoms with E-state index in [0.29, 0.717) is 28.8 Å². The highest BCUT2D eigenvalue weighted by Crippen LogP contribution is 2.32. The Bertz CT molecular complexity index is 1160. The molecule has 30 heavy (non-hydrogen) atoms. The molecule has 148 valence electrons. The molecule has 0 fully saturated rings. The van der Waals surface area contributed by atoms with Crippen LogP contribution < -0.4 is 5.32 Å². The molecule has 0 unspecified atom stereocenters. The predicted molar refractivity (Wildman–Crippen MR) is 113 cm³/mol. The molecule has 1 N–H and O–H groups in total. The summed E-state index contributed by atoms with van der Waals surface area (Å²) in [5, 5.41) is 2.74. The Morgan fingerprint density at radius 2 is 1.30 bits per heavy atom. The molecule has 0 aliphatic heterocycles. The summed E-state index contributed by atoms with van der Waals surface area (Å²) >= 11 is 0. The maximum atomic E-state index is 13.0. The van der Waals surface area contributed by atoms with Gasteiger partial charge in [0.2, 0.25) is 5.91 Å². The monoisotopic (exact) mass is 397 g/mol. The summed E-state index contributed by atoms with van der Waals surface area (Å²) in [5.41, 5.74) is 2.16. The van der Waals surface area contributed by atoms with Gasteiger partial charge in [-0.15, -0.1) is 0 Å². The van der Waals surface area contributed by atoms with Gasteiger partial charge in [0.1, 0.15) is 0 Å². The molecule has 0 spiro atoms. The van der Waals surface area contributed by atoms with Crippen LogP contribution in [0.1, 0.15) is 61.5 Å². The first-order valence-electron chi connectivity index (χ1n) is 9.76. The zero-order valence-electron chi connectivity index (χ0n) is 16.2. The molecule has 1 amide bonds. The van der Waals surface area contributed by atoms with Gasteiger partial charge < -0.3 is 5.32 Å². The van der Waals surface area contributed by atoms with Gasteiger partial charge in [0.25, 0.3) is 0 Å². The van der Waals surface area contributed by atoms with Crippen molar-refractivity contribution in [1.82, 2.24) is 0 Å². The summed E-state index contributed by atoms with van der Waals surface area (Å²) in [6.07, 6.45) is 0.792. The molecular weight excluding hydrogens is 378 g/mol. The van der Waals surface area contributed by atoms with Gasteiger partial charge in [-0.1, -0.05) is 66.7 Å². The smallest absolute Gasteiger partial charge is 0.224 e. The van der Waals surface area contributed by atoms with E-state index in [-0.39, 0.29) is 47.2 Å². The zero-order valence-corrected chi connectivity index (χ0v) is 16.2. The zero-order chi connectivity index (χ0) is 21.1. The second kappa shape index (κ2) is 8.25. The first kappa shape index (κ1) is 19.5. The molecule has 0 radical (unpaired) electrons. The lowest BCUT2D eigenvalue weighted by atomic mass is 9.83. The number of rotatable bonds is 6. The minimum atomic E-state index is -0.302. The van der Waals surface area contributed by atoms with Crippen LogP contribution in [-0.2, 0) is 4.79 Å². The van der Waals surface area contributed by atoms with Gasteiger partial charge in [0, 0.05) is 35.1 Å². The molecule has 0 heterocycles. The van der Waals surface area contributed by atoms with Crippen LogP contribution in [0.15, 0.2) is 72.8 Å². The highest BCUT2D eigenvalue weighted by Gasteiger charge is 2.31. The van der Waals surface area contributed by atoms with E-state index in [0.717, 1.165) is 0 Å². The summed E-state index contributed by atoms with van der Waals surface area (Å²) < 4.78 is 0. The molecule has 5 heteroatoms. The minimum Gasteiger partial charge on any atom is -0.325 e. The second-order valence-electron chi connectivity index (χ2n) is 7.12. The van der Waals surface area contributed by atoms with Crippen LogP contribution in [-0.4, -0.2) is 23.3 Å². The number of fused-ring (bicyclic) bond motifs is 2. The average molecular weight is 397 g/mol. The Kier molecular flexibility index (Phi) is 5.35. The van der Waals surface area contributed by atoms with E-state index in [9.17, 15) is 19.2 Å². The van der Waals surface area contributed by atoms with Crippen molar-refractivity contribution in [2.45, 2.75) is 19.3 Å². The summed E-state index contributed by atoms with van der Waals surface area (Å²) in [4.78, 5) is 50.3. The fourth-order valence-electron chi connectivity index (χ4n) is 3.64. The molecule has 0 bridgehead atoms. The molecule has 0 saturated carbocycles. The lowest BCUT2D eigenvalue weighted by Gasteiger charge is -2.20. The van der Waals surface area contributed by atoms with Crippen LogP contribution in [0.25, 0.3) is 0 Å². The van der Waals surface area contributed by atoms with Crippen molar-refractivity contribution in [1.29, 1.82) is 0 Å². The van der Waals surface area contributed by atoms with Gasteiger partial charge in [0.05, 0.1) is 11.3 Å². The molecule has 3 aromatic rings. The van der Waals surface area contributed by atoms with Crippen LogP contribution in [0.2, 0.25) is 0 Å². The fraction of sp³-hybridized carbons (Fsp3) is 0.120. The molecule has 5 nitrogen and oxygen atoms in total. The Hall–Kier alpha value is -3.86. The van der Waals surface area contributed by atoms with Crippen LogP contribution >= 0.6 is 0 Å². The van der Waals surface area contributed by atoms with E-state index in [1.807, 2.05) is 6.07 Å². The Labute approximate surface area is 173 Å². The topological polar surface area (TPSA) is 80.3 Å². The third-order valence-corrected chi connectivity index (χ3v) is 5.13. The number of carbonyl (C=O) groups is 4. The largest absolute Gasteiger partial charge is 0.325 e. The number of carbonyl (C=O) groups excluding carboxylic acids is 4. The van der Waals surface area contributed by atoms with Gasteiger partial charge >= 0.3 is 0 Å². The van der Waals surface area contributed by atoms with E-state index >= 15 is 0 Å². The van der Waals surface area contributed by atoms with E-state index in [1.165, 1.54) is 0 Å². The maximum Gasteiger partial charge on any atom is 0.224 e. The van der Waals surface area contributed by atoms with E-state index in [2.05, 4.69) is 5.32 Å². The molecule has 4 rings (SSSR count). The predicted octanol–water partition coefficient (Wildman–Crippen LogP) is 4.45. The maximum absolute atomic E-state index is 13.0. The lowest BCUT2D eigenvalue weighted by molar-refractivity contribution is -0.116. The summed E-state index contributed by atoms with van der Waals surface area (Å²) in [7, 11) is 0. The van der Waals surface area contributed by atoms with Crippen LogP contribution in [0.3, 0.4) is 0 Å². The second-order valence-corrected chi connectivity index (χ2v) is 7.12. The van der Waals surface area contributed by atoms with Crippen molar-refractivity contribution in [3.8, 4) is 0 Å². The summed E-state index contributed by atoms with van der Waals surface area (Å²) in [5.74, 6) is -0.832. The SMILES string of the molecule is O=C(CCCC(=O)c1ccccc1)Nc1cccc2c1C(=O)c1ccccc1C2=O. The fourth-order valence-corrected chi connectivity index (χ4v) is 3.64. The molecule has 1 aliphatic carbocycles. The van der Waals surface area contributed by atoms with Crippen LogP contribution in [0, 0.1) is 0 Å². The molecule has 0 aromatic heterocycles. The Balaban J connectivity index is 1.46. The molecular formula is C25H19NO4. The number of nitrogens with one attached hydrogen (secondary N) is 1. The van der Waals surface area contributed by atoms with Gasteiger partial charge in [0.15, 0.2) is 17.3 Å². The average Bonchev–Trinajstić information content (AvgIpc) is 2.78. The quantitative estimate of drug-likeness (QED) is 0.487. The first-order valence-corrected chi connectivity index (χ1v) is 9.76. The van der Waals surface area contributed by atoms with Crippen molar-refractivity contribution in [3.05, 3.63) is 101 Å². The Morgan fingerprint density at radius 3 is 2.03 bits per heavy atom. The van der Waals surface area contributed by atoms with Crippen molar-refractivity contribution in [2.75, 3.05) is 5.32 Å². The van der Waals surface area contributed by atoms with Gasteiger partial charge in [-0.25, -0.2) is 0 Å². The lowest BCUT2D eigenvalue weighted by Crippen LogP contribution is -2.23. The van der Waals surface area contributed by atoms with Gasteiger partial charge in [-0.05, 0) is 12.5 Å². The highest BCUT2D eigenvalue weighted by atomic mass is 16.2. The number of benzene rings is 3. The van der Waals surface area contributed by atoms with Crippen molar-refractivity contribution in [2.24, 2.45) is 0 Å². The molecule has 1 aliphatic rings. The number of hydrogen-bond donors (Lipinski definition) is 1. The van der Waals surface area contributed by atoms with Crippen LogP contribution in [0.4, 0.5) is 5.69 Å². The van der Waals surface area contributed by atoms with E-state index in [4.69, 9.17) is 0 Å². The van der Waals surface area contributed by atoms with Crippen molar-refractivity contribution < 1.29 is 19.2 Å². The Morgan fingerprint density at radius 1 is 0.667 bits per heavy atom. The normalized spacial score (nSPS) is 12.1. The summed E-state index contributed by atoms with van der Waals surface area (Å²) in [6.45, 7) is 0. The summed E-state index contributed by atoms with van der Waals surface area (Å²) in [6, 6.07) is 20.5. The standard InChI is InChI=1S/C25H19NO4/c27-21(16-8-2-1-3-9-16)14-7-15-22(28)26-20-13-6-12-19-23(20)25(30)18-11-5-4-10-17(18)24(19)29/h1-6,8-13H,7,14-15H2,(H,26,28). The minimum absolute atomic E-state index is 0.0159. The first-order chi connectivity index (χ1) is 14.6. The number of amides is 1. The van der Waals surface area contributed by atoms with Crippen molar-refractivity contribution in [3.63, 3.8) is 0 Å². The van der Waals surface area contributed by atoms with E-state index < -0.39 is 0 Å². The molecule has 0 atom stereocenters. The van der Waals surface area contributed by atoms with Gasteiger partial charge in [-0.3, -0.25) is 19.2 Å². The molecule has 0 saturated heterocycles. The number of ketones is 3. The number of hydrogen-bond acceptors (Lipinski definition) is 4. The third-order valence-electron chi connectivity index (χ3n) is 5.13.